The van der Waals surface area contributed by atoms with E-state index in [2.05, 4.69) is 16.7 Å². The smallest absolute Gasteiger partial charge is 0.245 e. The van der Waals surface area contributed by atoms with E-state index in [1.165, 1.54) is 11.8 Å². The summed E-state index contributed by atoms with van der Waals surface area (Å²) in [5.74, 6) is -0.631. The van der Waals surface area contributed by atoms with E-state index in [0.29, 0.717) is 42.0 Å². The number of allylic oxidation sites excluding steroid dienone is 1. The molecule has 2 radical (unpaired) electrons. The number of fused-ring (bicyclic) bond motifs is 3. The number of benzene rings is 2. The first-order chi connectivity index (χ1) is 22.7. The first kappa shape index (κ1) is 32.3. The first-order valence-corrected chi connectivity index (χ1v) is 16.3. The van der Waals surface area contributed by atoms with E-state index < -0.39 is 41.3 Å². The molecule has 1 saturated carbocycles. The number of aromatic nitrogens is 1. The molecule has 1 unspecified atom stereocenters. The van der Waals surface area contributed by atoms with Crippen molar-refractivity contribution in [3.8, 4) is 22.8 Å². The molecule has 3 aliphatic rings. The van der Waals surface area contributed by atoms with Gasteiger partial charge in [-0.3, -0.25) is 19.2 Å². The molecular weight excluding hydrogens is 595 g/mol. The van der Waals surface area contributed by atoms with Crippen LogP contribution in [0.4, 0.5) is 4.79 Å². The van der Waals surface area contributed by atoms with E-state index in [-0.39, 0.29) is 24.7 Å². The van der Waals surface area contributed by atoms with Gasteiger partial charge in [-0.05, 0) is 44.7 Å². The van der Waals surface area contributed by atoms with Crippen LogP contribution in [0.2, 0.25) is 0 Å². The van der Waals surface area contributed by atoms with Gasteiger partial charge in [0.2, 0.25) is 19.7 Å². The molecule has 3 heterocycles. The van der Waals surface area contributed by atoms with Gasteiger partial charge in [0.25, 0.3) is 0 Å². The molecule has 3 aromatic rings. The van der Waals surface area contributed by atoms with Gasteiger partial charge >= 0.3 is 0 Å². The molecule has 2 aromatic carbocycles. The summed E-state index contributed by atoms with van der Waals surface area (Å²) in [4.78, 5) is 59.2. The minimum Gasteiger partial charge on any atom is -0.497 e. The van der Waals surface area contributed by atoms with Crippen LogP contribution in [-0.2, 0) is 14.4 Å². The van der Waals surface area contributed by atoms with Gasteiger partial charge in [0.05, 0.1) is 24.9 Å². The van der Waals surface area contributed by atoms with Crippen molar-refractivity contribution in [2.75, 3.05) is 13.7 Å². The number of ether oxygens (including phenoxy) is 2. The minimum atomic E-state index is -0.989. The van der Waals surface area contributed by atoms with Crippen molar-refractivity contribution in [1.82, 2.24) is 20.5 Å². The maximum absolute atomic E-state index is 14.1. The number of hydrogen-bond acceptors (Lipinski definition) is 7. The quantitative estimate of drug-likeness (QED) is 0.302. The van der Waals surface area contributed by atoms with Crippen molar-refractivity contribution >= 4 is 42.2 Å². The lowest BCUT2D eigenvalue weighted by Crippen LogP contribution is -2.56. The highest BCUT2D eigenvalue weighted by Crippen LogP contribution is 2.46. The lowest BCUT2D eigenvalue weighted by Gasteiger charge is -2.29. The molecule has 1 saturated heterocycles. The highest BCUT2D eigenvalue weighted by Gasteiger charge is 2.59. The van der Waals surface area contributed by atoms with Crippen molar-refractivity contribution in [2.24, 2.45) is 5.92 Å². The number of amides is 3. The van der Waals surface area contributed by atoms with Crippen LogP contribution < -0.4 is 20.1 Å². The molecule has 2 fully saturated rings. The zero-order chi connectivity index (χ0) is 33.1. The summed E-state index contributed by atoms with van der Waals surface area (Å²) in [6.45, 7) is 1.59. The van der Waals surface area contributed by atoms with Gasteiger partial charge in [-0.25, -0.2) is 4.98 Å². The molecule has 1 aliphatic carbocycles. The standard InChI is InChI=1S/C36H39BN4O6/c1-22(42)36-20-24(36)13-9-4-3-5-10-14-28(39-35(37)45)34(44)41-21-26(18-31(41)33(43)40-36)47-32-19-29(23-11-7-6-8-12-23)38-30-17-25(46-2)15-16-27(30)32/h6-9,11-13,15-17,19,24,26,28,31H,3-5,10,14,18,20-21H2,1-2H3,(H,39,45)(H,40,43)/b13-9-/t24?,26-,28+,31+,36+/m1/s1. The Balaban J connectivity index is 1.34. The van der Waals surface area contributed by atoms with E-state index in [4.69, 9.17) is 22.3 Å². The normalized spacial score (nSPS) is 27.0. The zero-order valence-corrected chi connectivity index (χ0v) is 26.7. The molecule has 11 heteroatoms. The van der Waals surface area contributed by atoms with Crippen molar-refractivity contribution in [3.63, 3.8) is 0 Å². The Hall–Kier alpha value is -4.67. The Labute approximate surface area is 275 Å². The number of pyridine rings is 1. The van der Waals surface area contributed by atoms with Crippen LogP contribution in [0.15, 0.2) is 66.7 Å². The highest BCUT2D eigenvalue weighted by atomic mass is 16.5. The number of Topliss-reactive ketones (excluding diaryl/α,β-unsaturated/α-hetero) is 1. The molecule has 2 N–H and O–H groups in total. The Morgan fingerprint density at radius 3 is 2.64 bits per heavy atom. The molecule has 0 bridgehead atoms. The second-order valence-corrected chi connectivity index (χ2v) is 12.7. The SMILES string of the molecule is [B]C(=O)N[C@H]1CCCCC/C=C\C2C[C@@]2(C(C)=O)NC(=O)[C@@H]2C[C@@H](Oc3cc(-c4ccccc4)nc4cc(OC)ccc34)CN2C1=O. The van der Waals surface area contributed by atoms with Crippen LogP contribution in [0.5, 0.6) is 11.5 Å². The summed E-state index contributed by atoms with van der Waals surface area (Å²) < 4.78 is 12.1. The Morgan fingerprint density at radius 2 is 1.89 bits per heavy atom. The van der Waals surface area contributed by atoms with Crippen LogP contribution in [0.3, 0.4) is 0 Å². The summed E-state index contributed by atoms with van der Waals surface area (Å²) in [5, 5.41) is 6.37. The predicted molar refractivity (Wildman–Crippen MR) is 178 cm³/mol. The van der Waals surface area contributed by atoms with Gasteiger partial charge in [0, 0.05) is 35.4 Å². The molecule has 5 atom stereocenters. The third-order valence-electron chi connectivity index (χ3n) is 9.53. The number of ketones is 1. The average Bonchev–Trinajstić information content (AvgIpc) is 3.60. The summed E-state index contributed by atoms with van der Waals surface area (Å²) in [5.41, 5.74) is 1.28. The average molecular weight is 635 g/mol. The number of rotatable bonds is 6. The predicted octanol–water partition coefficient (Wildman–Crippen LogP) is 4.49. The Bertz CT molecular complexity index is 1710. The summed E-state index contributed by atoms with van der Waals surface area (Å²) >= 11 is 0. The zero-order valence-electron chi connectivity index (χ0n) is 26.7. The molecule has 242 valence electrons. The number of nitrogens with one attached hydrogen (secondary N) is 2. The lowest BCUT2D eigenvalue weighted by molar-refractivity contribution is -0.141. The third kappa shape index (κ3) is 6.89. The van der Waals surface area contributed by atoms with Crippen LogP contribution in [0, 0.1) is 5.92 Å². The molecule has 3 amide bonds. The van der Waals surface area contributed by atoms with Crippen molar-refractivity contribution in [2.45, 2.75) is 75.6 Å². The van der Waals surface area contributed by atoms with Crippen LogP contribution in [-0.4, -0.2) is 78.5 Å². The van der Waals surface area contributed by atoms with Gasteiger partial charge < -0.3 is 25.0 Å². The number of methoxy groups -OCH3 is 1. The molecule has 0 spiro atoms. The van der Waals surface area contributed by atoms with Gasteiger partial charge in [0.15, 0.2) is 11.6 Å². The van der Waals surface area contributed by atoms with E-state index in [1.54, 1.807) is 7.11 Å². The molecule has 2 aliphatic heterocycles. The van der Waals surface area contributed by atoms with Crippen molar-refractivity contribution < 1.29 is 28.7 Å². The number of hydrogen-bond donors (Lipinski definition) is 2. The van der Waals surface area contributed by atoms with Gasteiger partial charge in [-0.2, -0.15) is 0 Å². The summed E-state index contributed by atoms with van der Waals surface area (Å²) in [6, 6.07) is 15.3. The molecule has 1 aromatic heterocycles. The Kier molecular flexibility index (Phi) is 9.34. The van der Waals surface area contributed by atoms with Crippen LogP contribution in [0.1, 0.15) is 51.9 Å². The van der Waals surface area contributed by atoms with E-state index >= 15 is 0 Å². The maximum Gasteiger partial charge on any atom is 0.245 e. The molecule has 10 nitrogen and oxygen atoms in total. The monoisotopic (exact) mass is 634 g/mol. The van der Waals surface area contributed by atoms with Crippen molar-refractivity contribution in [3.05, 3.63) is 66.7 Å². The van der Waals surface area contributed by atoms with E-state index in [9.17, 15) is 19.2 Å². The van der Waals surface area contributed by atoms with E-state index in [1.807, 2.05) is 60.7 Å². The number of carbonyl (C=O) groups is 4. The largest absolute Gasteiger partial charge is 0.497 e. The van der Waals surface area contributed by atoms with Crippen LogP contribution >= 0.6 is 0 Å². The Morgan fingerprint density at radius 1 is 1.09 bits per heavy atom. The second-order valence-electron chi connectivity index (χ2n) is 12.7. The van der Waals surface area contributed by atoms with Gasteiger partial charge in [-0.15, -0.1) is 0 Å². The minimum absolute atomic E-state index is 0.0902. The molecular formula is C36H39BN4O6. The van der Waals surface area contributed by atoms with Crippen molar-refractivity contribution in [1.29, 1.82) is 0 Å². The number of carbonyl (C=O) groups excluding carboxylic acids is 4. The van der Waals surface area contributed by atoms with Gasteiger partial charge in [0.1, 0.15) is 35.2 Å². The fourth-order valence-electron chi connectivity index (χ4n) is 6.85. The fraction of sp³-hybridized carbons (Fsp3) is 0.417. The lowest BCUT2D eigenvalue weighted by atomic mass is 10.0. The fourth-order valence-corrected chi connectivity index (χ4v) is 6.85. The third-order valence-corrected chi connectivity index (χ3v) is 9.53. The molecule has 47 heavy (non-hydrogen) atoms. The van der Waals surface area contributed by atoms with E-state index in [0.717, 1.165) is 30.2 Å². The molecule has 6 rings (SSSR count). The summed E-state index contributed by atoms with van der Waals surface area (Å²) in [6.07, 6.45) is 7.90. The second kappa shape index (κ2) is 13.6. The maximum atomic E-state index is 14.1. The summed E-state index contributed by atoms with van der Waals surface area (Å²) in [7, 11) is 7.08. The first-order valence-electron chi connectivity index (χ1n) is 16.3. The highest BCUT2D eigenvalue weighted by molar-refractivity contribution is 6.57. The topological polar surface area (TPSA) is 127 Å². The number of nitrogens with zero attached hydrogens (tertiary/aromatic N) is 2. The van der Waals surface area contributed by atoms with Gasteiger partial charge in [-0.1, -0.05) is 55.3 Å². The van der Waals surface area contributed by atoms with Crippen LogP contribution in [0.25, 0.3) is 22.2 Å².